The molecule has 3 unspecified atom stereocenters. The van der Waals surface area contributed by atoms with Gasteiger partial charge in [-0.25, -0.2) is 0 Å². The Hall–Kier alpha value is -1.58. The number of hydrogen-bond acceptors (Lipinski definition) is 4. The molecule has 1 aliphatic carbocycles. The van der Waals surface area contributed by atoms with Crippen LogP contribution in [-0.4, -0.2) is 25.8 Å². The number of hydrogen-bond donors (Lipinski definition) is 0. The van der Waals surface area contributed by atoms with Gasteiger partial charge in [0.05, 0.1) is 14.2 Å². The molecule has 0 amide bonds. The number of carbonyl (C=O) groups excluding carboxylic acids is 2. The molecule has 0 aromatic heterocycles. The Balaban J connectivity index is 3.04. The lowest BCUT2D eigenvalue weighted by Crippen LogP contribution is -2.31. The predicted octanol–water partition coefficient (Wildman–Crippen LogP) is 5.62. The van der Waals surface area contributed by atoms with Crippen LogP contribution in [0.5, 0.6) is 0 Å². The topological polar surface area (TPSA) is 52.6 Å². The normalized spacial score (nSPS) is 19.9. The van der Waals surface area contributed by atoms with Gasteiger partial charge in [-0.1, -0.05) is 60.3 Å². The summed E-state index contributed by atoms with van der Waals surface area (Å²) in [6.45, 7) is 12.9. The van der Waals surface area contributed by atoms with E-state index in [1.807, 2.05) is 6.92 Å². The fourth-order valence-corrected chi connectivity index (χ4v) is 4.24. The number of Topliss-reactive ketones (excluding diaryl/α,β-unsaturated/α-hetero) is 2. The minimum absolute atomic E-state index is 0.00273. The molecule has 0 saturated carbocycles. The molecule has 0 spiro atoms. The van der Waals surface area contributed by atoms with E-state index in [1.165, 1.54) is 39.9 Å². The largest absolute Gasteiger partial charge is 0.489 e. The summed E-state index contributed by atoms with van der Waals surface area (Å²) >= 11 is 0. The molecular weight excluding hydrogens is 340 g/mol. The van der Waals surface area contributed by atoms with Crippen LogP contribution in [0.25, 0.3) is 0 Å². The van der Waals surface area contributed by atoms with Crippen molar-refractivity contribution in [1.29, 1.82) is 0 Å². The van der Waals surface area contributed by atoms with Crippen molar-refractivity contribution in [3.05, 3.63) is 22.7 Å². The van der Waals surface area contributed by atoms with E-state index in [-0.39, 0.29) is 34.4 Å². The number of rotatable bonds is 11. The highest BCUT2D eigenvalue weighted by Crippen LogP contribution is 2.42. The second-order valence-electron chi connectivity index (χ2n) is 8.27. The van der Waals surface area contributed by atoms with Gasteiger partial charge in [-0.15, -0.1) is 0 Å². The van der Waals surface area contributed by atoms with E-state index in [2.05, 4.69) is 27.7 Å². The van der Waals surface area contributed by atoms with Crippen molar-refractivity contribution in [3.8, 4) is 0 Å². The average Bonchev–Trinajstić information content (AvgIpc) is 2.64. The predicted molar refractivity (Wildman–Crippen MR) is 109 cm³/mol. The van der Waals surface area contributed by atoms with Crippen LogP contribution >= 0.6 is 0 Å². The molecule has 4 nitrogen and oxygen atoms in total. The number of ether oxygens (including phenoxy) is 2. The fourth-order valence-electron chi connectivity index (χ4n) is 4.24. The summed E-state index contributed by atoms with van der Waals surface area (Å²) in [5.41, 5.74) is 1.31. The van der Waals surface area contributed by atoms with Crippen LogP contribution in [-0.2, 0) is 19.1 Å². The lowest BCUT2D eigenvalue weighted by Gasteiger charge is -2.37. The van der Waals surface area contributed by atoms with Crippen molar-refractivity contribution in [1.82, 2.24) is 0 Å². The first-order valence-corrected chi connectivity index (χ1v) is 10.3. The molecule has 1 rings (SSSR count). The SMILES string of the molecule is CCCCCC(C)(CC)C(C)CC(C)C1=C(C)C(=O)C(OC)=C(OC)C1=O. The molecule has 1 aliphatic rings. The molecule has 0 bridgehead atoms. The summed E-state index contributed by atoms with van der Waals surface area (Å²) in [4.78, 5) is 25.6. The van der Waals surface area contributed by atoms with Gasteiger partial charge < -0.3 is 9.47 Å². The number of ketones is 2. The second-order valence-corrected chi connectivity index (χ2v) is 8.27. The summed E-state index contributed by atoms with van der Waals surface area (Å²) in [6.07, 6.45) is 6.92. The summed E-state index contributed by atoms with van der Waals surface area (Å²) in [5, 5.41) is 0. The molecule has 0 aromatic carbocycles. The van der Waals surface area contributed by atoms with Crippen LogP contribution in [0, 0.1) is 17.3 Å². The van der Waals surface area contributed by atoms with Gasteiger partial charge in [-0.2, -0.15) is 0 Å². The van der Waals surface area contributed by atoms with Crippen molar-refractivity contribution in [2.45, 2.75) is 80.1 Å². The Labute approximate surface area is 165 Å². The van der Waals surface area contributed by atoms with E-state index >= 15 is 0 Å². The van der Waals surface area contributed by atoms with Crippen molar-refractivity contribution < 1.29 is 19.1 Å². The number of methoxy groups -OCH3 is 2. The van der Waals surface area contributed by atoms with E-state index in [4.69, 9.17) is 9.47 Å². The number of carbonyl (C=O) groups is 2. The van der Waals surface area contributed by atoms with E-state index in [9.17, 15) is 9.59 Å². The maximum atomic E-state index is 13.0. The molecule has 0 saturated heterocycles. The molecule has 27 heavy (non-hydrogen) atoms. The Morgan fingerprint density at radius 1 is 0.963 bits per heavy atom. The minimum Gasteiger partial charge on any atom is -0.489 e. The van der Waals surface area contributed by atoms with Crippen LogP contribution in [0.15, 0.2) is 22.7 Å². The first-order valence-electron chi connectivity index (χ1n) is 10.3. The van der Waals surface area contributed by atoms with Crippen molar-refractivity contribution >= 4 is 11.6 Å². The third-order valence-corrected chi connectivity index (χ3v) is 6.56. The summed E-state index contributed by atoms with van der Waals surface area (Å²) in [5.74, 6) is 0.0409. The molecule has 0 radical (unpaired) electrons. The number of unbranched alkanes of at least 4 members (excludes halogenated alkanes) is 2. The summed E-state index contributed by atoms with van der Waals surface area (Å²) in [7, 11) is 2.80. The smallest absolute Gasteiger partial charge is 0.228 e. The quantitative estimate of drug-likeness (QED) is 0.346. The Morgan fingerprint density at radius 3 is 2.00 bits per heavy atom. The maximum absolute atomic E-state index is 13.0. The van der Waals surface area contributed by atoms with Crippen molar-refractivity contribution in [2.75, 3.05) is 14.2 Å². The third-order valence-electron chi connectivity index (χ3n) is 6.56. The van der Waals surface area contributed by atoms with Crippen LogP contribution in [0.4, 0.5) is 0 Å². The zero-order chi connectivity index (χ0) is 20.8. The van der Waals surface area contributed by atoms with Crippen LogP contribution in [0.3, 0.4) is 0 Å². The van der Waals surface area contributed by atoms with E-state index in [1.54, 1.807) is 6.92 Å². The Bertz CT molecular complexity index is 614. The summed E-state index contributed by atoms with van der Waals surface area (Å²) in [6, 6.07) is 0. The molecule has 0 fully saturated rings. The molecule has 3 atom stereocenters. The fraction of sp³-hybridized carbons (Fsp3) is 0.739. The standard InChI is InChI=1S/C23H38O4/c1-9-11-12-13-23(6,10-2)16(4)14-15(3)18-17(5)19(24)21(26-7)22(27-8)20(18)25/h15-16H,9-14H2,1-8H3. The lowest BCUT2D eigenvalue weighted by atomic mass is 9.68. The first kappa shape index (κ1) is 23.5. The van der Waals surface area contributed by atoms with Gasteiger partial charge in [-0.05, 0) is 37.0 Å². The monoisotopic (exact) mass is 378 g/mol. The molecule has 0 aliphatic heterocycles. The van der Waals surface area contributed by atoms with E-state index in [0.717, 1.165) is 12.8 Å². The minimum atomic E-state index is -0.246. The van der Waals surface area contributed by atoms with E-state index < -0.39 is 0 Å². The van der Waals surface area contributed by atoms with Crippen molar-refractivity contribution in [3.63, 3.8) is 0 Å². The molecular formula is C23H38O4. The van der Waals surface area contributed by atoms with Gasteiger partial charge >= 0.3 is 0 Å². The zero-order valence-corrected chi connectivity index (χ0v) is 18.5. The van der Waals surface area contributed by atoms with Crippen LogP contribution < -0.4 is 0 Å². The Kier molecular flexibility index (Phi) is 8.77. The molecule has 154 valence electrons. The summed E-state index contributed by atoms with van der Waals surface area (Å²) < 4.78 is 10.3. The molecule has 0 N–H and O–H groups in total. The lowest BCUT2D eigenvalue weighted by molar-refractivity contribution is -0.121. The van der Waals surface area contributed by atoms with Gasteiger partial charge in [0.2, 0.25) is 23.1 Å². The second kappa shape index (κ2) is 10.1. The van der Waals surface area contributed by atoms with Gasteiger partial charge in [0, 0.05) is 11.1 Å². The first-order chi connectivity index (χ1) is 12.7. The van der Waals surface area contributed by atoms with Gasteiger partial charge in [0.15, 0.2) is 0 Å². The van der Waals surface area contributed by atoms with Crippen molar-refractivity contribution in [2.24, 2.45) is 17.3 Å². The van der Waals surface area contributed by atoms with Gasteiger partial charge in [0.25, 0.3) is 0 Å². The van der Waals surface area contributed by atoms with Gasteiger partial charge in [0.1, 0.15) is 0 Å². The third kappa shape index (κ3) is 5.03. The highest BCUT2D eigenvalue weighted by molar-refractivity contribution is 6.23. The van der Waals surface area contributed by atoms with Gasteiger partial charge in [-0.3, -0.25) is 9.59 Å². The molecule has 4 heteroatoms. The van der Waals surface area contributed by atoms with E-state index in [0.29, 0.717) is 17.1 Å². The highest BCUT2D eigenvalue weighted by atomic mass is 16.5. The highest BCUT2D eigenvalue weighted by Gasteiger charge is 2.38. The maximum Gasteiger partial charge on any atom is 0.228 e. The van der Waals surface area contributed by atoms with Crippen LogP contribution in [0.2, 0.25) is 0 Å². The Morgan fingerprint density at radius 2 is 1.52 bits per heavy atom. The van der Waals surface area contributed by atoms with Crippen LogP contribution in [0.1, 0.15) is 80.1 Å². The number of allylic oxidation sites excluding steroid dienone is 2. The molecule has 0 aromatic rings. The average molecular weight is 379 g/mol. The zero-order valence-electron chi connectivity index (χ0n) is 18.5. The molecule has 0 heterocycles.